The third kappa shape index (κ3) is 4.78. The molecule has 0 saturated carbocycles. The molecule has 2 aromatic heterocycles. The maximum Gasteiger partial charge on any atom is 0.341 e. The normalized spacial score (nSPS) is 22.2. The van der Waals surface area contributed by atoms with E-state index >= 15 is 0 Å². The number of quaternary nitrogens is 1. The van der Waals surface area contributed by atoms with Gasteiger partial charge in [0.25, 0.3) is 0 Å². The summed E-state index contributed by atoms with van der Waals surface area (Å²) in [6.07, 6.45) is 2.94. The van der Waals surface area contributed by atoms with Gasteiger partial charge in [0.05, 0.1) is 12.3 Å². The van der Waals surface area contributed by atoms with Crippen LogP contribution < -0.4 is 10.1 Å². The van der Waals surface area contributed by atoms with E-state index in [9.17, 15) is 0 Å². The Balaban J connectivity index is 0.978. The lowest BCUT2D eigenvalue weighted by Gasteiger charge is -2.16. The fraction of sp³-hybridized carbons (Fsp3) is 0.250. The fourth-order valence-corrected chi connectivity index (χ4v) is 5.25. The minimum Gasteiger partial charge on any atom is -0.423 e. The first-order chi connectivity index (χ1) is 19.3. The highest BCUT2D eigenvalue weighted by atomic mass is 16.6. The van der Waals surface area contributed by atoms with Crippen molar-refractivity contribution in [3.63, 3.8) is 0 Å². The average Bonchev–Trinajstić information content (AvgIpc) is 3.80. The number of hydrogen-bond donors (Lipinski definition) is 1. The zero-order chi connectivity index (χ0) is 26.0. The Labute approximate surface area is 224 Å². The van der Waals surface area contributed by atoms with Crippen LogP contribution in [0.5, 0.6) is 11.8 Å². The van der Waals surface area contributed by atoms with Gasteiger partial charge in [0.2, 0.25) is 0 Å². The van der Waals surface area contributed by atoms with Crippen molar-refractivity contribution in [2.45, 2.75) is 30.8 Å². The molecule has 0 amide bonds. The van der Waals surface area contributed by atoms with Gasteiger partial charge in [0.15, 0.2) is 0 Å². The number of nitrogens with zero attached hydrogens (tertiary/aromatic N) is 7. The zero-order valence-electron chi connectivity index (χ0n) is 21.0. The standard InChI is InChI=1S/C28H26N8O3/c1-2-4-20(5-3-1)21-8-6-19(7-9-21)14-30-24-15-37-27-25(16-38-26(24)27)36-28(32-33-34-36)39-23-12-10-22(11-13-23)35-18-29-17-31-35/h1-13,17-18,24-27,30H,14-16H2/p+1/t24-,25-,26+,27+/m0/s1. The molecule has 39 heavy (non-hydrogen) atoms. The Bertz CT molecular complexity index is 1510. The number of hydrogen-bond acceptors (Lipinski definition) is 8. The van der Waals surface area contributed by atoms with Crippen LogP contribution in [0.25, 0.3) is 16.8 Å². The molecule has 2 N–H and O–H groups in total. The summed E-state index contributed by atoms with van der Waals surface area (Å²) in [5.74, 6) is 0.613. The molecule has 0 unspecified atom stereocenters. The van der Waals surface area contributed by atoms with Crippen molar-refractivity contribution in [2.24, 2.45) is 0 Å². The fourth-order valence-electron chi connectivity index (χ4n) is 5.25. The first-order valence-electron chi connectivity index (χ1n) is 12.9. The summed E-state index contributed by atoms with van der Waals surface area (Å²) in [6.45, 7) is 1.91. The molecule has 0 aliphatic carbocycles. The molecule has 2 saturated heterocycles. The van der Waals surface area contributed by atoms with Gasteiger partial charge in [0, 0.05) is 5.56 Å². The Hall–Kier alpha value is -4.45. The van der Waals surface area contributed by atoms with Gasteiger partial charge in [-0.05, 0) is 45.8 Å². The molecular weight excluding hydrogens is 496 g/mol. The molecule has 11 nitrogen and oxygen atoms in total. The predicted molar refractivity (Wildman–Crippen MR) is 139 cm³/mol. The highest BCUT2D eigenvalue weighted by Gasteiger charge is 2.51. The molecule has 0 spiro atoms. The van der Waals surface area contributed by atoms with Crippen LogP contribution in [0.1, 0.15) is 11.6 Å². The zero-order valence-corrected chi connectivity index (χ0v) is 21.0. The third-order valence-electron chi connectivity index (χ3n) is 7.29. The second-order valence-electron chi connectivity index (χ2n) is 9.67. The first-order valence-corrected chi connectivity index (χ1v) is 12.9. The van der Waals surface area contributed by atoms with Gasteiger partial charge in [-0.15, -0.1) is 0 Å². The molecule has 0 bridgehead atoms. The number of nitrogens with two attached hydrogens (primary N) is 1. The lowest BCUT2D eigenvalue weighted by atomic mass is 10.0. The minimum atomic E-state index is -0.169. The van der Waals surface area contributed by atoms with Gasteiger partial charge in [-0.25, -0.2) is 9.67 Å². The summed E-state index contributed by atoms with van der Waals surface area (Å²) in [5.41, 5.74) is 4.58. The van der Waals surface area contributed by atoms with Gasteiger partial charge in [0.1, 0.15) is 55.8 Å². The van der Waals surface area contributed by atoms with Crippen molar-refractivity contribution in [3.8, 4) is 28.6 Å². The van der Waals surface area contributed by atoms with E-state index in [1.807, 2.05) is 30.3 Å². The van der Waals surface area contributed by atoms with Crippen molar-refractivity contribution >= 4 is 0 Å². The molecule has 2 fully saturated rings. The second kappa shape index (κ2) is 10.4. The van der Waals surface area contributed by atoms with Crippen LogP contribution in [0.2, 0.25) is 0 Å². The van der Waals surface area contributed by atoms with Crippen molar-refractivity contribution in [1.29, 1.82) is 0 Å². The van der Waals surface area contributed by atoms with E-state index in [4.69, 9.17) is 14.2 Å². The van der Waals surface area contributed by atoms with Crippen molar-refractivity contribution < 1.29 is 19.5 Å². The maximum absolute atomic E-state index is 6.21. The summed E-state index contributed by atoms with van der Waals surface area (Å²) in [4.78, 5) is 3.97. The smallest absolute Gasteiger partial charge is 0.341 e. The molecule has 4 atom stereocenters. The first kappa shape index (κ1) is 23.7. The van der Waals surface area contributed by atoms with Crippen LogP contribution in [-0.4, -0.2) is 66.4 Å². The van der Waals surface area contributed by atoms with Crippen molar-refractivity contribution in [3.05, 3.63) is 97.1 Å². The average molecular weight is 524 g/mol. The number of aromatic nitrogens is 7. The molecule has 196 valence electrons. The number of rotatable bonds is 8. The predicted octanol–water partition coefficient (Wildman–Crippen LogP) is 2.18. The molecule has 5 aromatic rings. The number of fused-ring (bicyclic) bond motifs is 1. The highest BCUT2D eigenvalue weighted by Crippen LogP contribution is 2.35. The number of tetrazole rings is 1. The maximum atomic E-state index is 6.21. The van der Waals surface area contributed by atoms with E-state index in [1.165, 1.54) is 23.0 Å². The number of ether oxygens (including phenoxy) is 3. The Morgan fingerprint density at radius 1 is 0.872 bits per heavy atom. The summed E-state index contributed by atoms with van der Waals surface area (Å²) in [7, 11) is 0. The van der Waals surface area contributed by atoms with Crippen LogP contribution >= 0.6 is 0 Å². The summed E-state index contributed by atoms with van der Waals surface area (Å²) < 4.78 is 21.8. The molecule has 11 heteroatoms. The van der Waals surface area contributed by atoms with Crippen LogP contribution in [0.4, 0.5) is 0 Å². The van der Waals surface area contributed by atoms with E-state index < -0.39 is 0 Å². The lowest BCUT2D eigenvalue weighted by molar-refractivity contribution is -0.707. The molecule has 3 aromatic carbocycles. The highest BCUT2D eigenvalue weighted by molar-refractivity contribution is 5.63. The van der Waals surface area contributed by atoms with Crippen molar-refractivity contribution in [1.82, 2.24) is 35.0 Å². The second-order valence-corrected chi connectivity index (χ2v) is 9.67. The van der Waals surface area contributed by atoms with E-state index in [-0.39, 0.29) is 24.3 Å². The Morgan fingerprint density at radius 3 is 2.46 bits per heavy atom. The molecule has 7 rings (SSSR count). The van der Waals surface area contributed by atoms with Gasteiger partial charge in [-0.2, -0.15) is 9.78 Å². The van der Waals surface area contributed by atoms with E-state index in [1.54, 1.807) is 15.7 Å². The van der Waals surface area contributed by atoms with E-state index in [0.717, 1.165) is 12.2 Å². The molecule has 0 radical (unpaired) electrons. The monoisotopic (exact) mass is 523 g/mol. The van der Waals surface area contributed by atoms with E-state index in [2.05, 4.69) is 79.5 Å². The summed E-state index contributed by atoms with van der Waals surface area (Å²) >= 11 is 0. The number of benzene rings is 3. The van der Waals surface area contributed by atoms with Crippen LogP contribution in [-0.2, 0) is 16.0 Å². The molecular formula is C28H27N8O3+. The van der Waals surface area contributed by atoms with Crippen molar-refractivity contribution in [2.75, 3.05) is 13.2 Å². The molecule has 2 aliphatic heterocycles. The van der Waals surface area contributed by atoms with Gasteiger partial charge in [-0.3, -0.25) is 0 Å². The Morgan fingerprint density at radius 2 is 1.67 bits per heavy atom. The Kier molecular flexibility index (Phi) is 6.29. The summed E-state index contributed by atoms with van der Waals surface area (Å²) in [5, 5.41) is 18.6. The molecule has 4 heterocycles. The third-order valence-corrected chi connectivity index (χ3v) is 7.29. The summed E-state index contributed by atoms with van der Waals surface area (Å²) in [6, 6.07) is 26.9. The van der Waals surface area contributed by atoms with Crippen LogP contribution in [0, 0.1) is 0 Å². The van der Waals surface area contributed by atoms with Gasteiger partial charge >= 0.3 is 6.01 Å². The minimum absolute atomic E-state index is 0.0439. The van der Waals surface area contributed by atoms with Gasteiger partial charge < -0.3 is 19.5 Å². The lowest BCUT2D eigenvalue weighted by Crippen LogP contribution is -2.91. The van der Waals surface area contributed by atoms with E-state index in [0.29, 0.717) is 25.0 Å². The van der Waals surface area contributed by atoms with Crippen LogP contribution in [0.15, 0.2) is 91.5 Å². The topological polar surface area (TPSA) is 119 Å². The quantitative estimate of drug-likeness (QED) is 0.329. The SMILES string of the molecule is c1ccc(-c2ccc(C[NH2+][C@H]3CO[C@H]4[C@@H]3OC[C@@H]4n3nnnc3Oc3ccc(-n4cncn4)cc3)cc2)cc1. The van der Waals surface area contributed by atoms with Crippen LogP contribution in [0.3, 0.4) is 0 Å². The molecule has 2 aliphatic rings. The van der Waals surface area contributed by atoms with Gasteiger partial charge in [-0.1, -0.05) is 59.7 Å². The largest absolute Gasteiger partial charge is 0.423 e.